The molecule has 0 saturated carbocycles. The van der Waals surface area contributed by atoms with Gasteiger partial charge in [-0.05, 0) is 30.2 Å². The van der Waals surface area contributed by atoms with E-state index in [-0.39, 0.29) is 5.97 Å². The van der Waals surface area contributed by atoms with Gasteiger partial charge in [-0.3, -0.25) is 0 Å². The third-order valence-corrected chi connectivity index (χ3v) is 3.11. The van der Waals surface area contributed by atoms with Crippen molar-refractivity contribution < 1.29 is 9.53 Å². The van der Waals surface area contributed by atoms with Gasteiger partial charge in [-0.2, -0.15) is 0 Å². The van der Waals surface area contributed by atoms with E-state index in [0.717, 1.165) is 18.7 Å². The second-order valence-electron chi connectivity index (χ2n) is 4.65. The summed E-state index contributed by atoms with van der Waals surface area (Å²) in [5.41, 5.74) is 2.55. The molecule has 20 heavy (non-hydrogen) atoms. The van der Waals surface area contributed by atoms with Crippen molar-refractivity contribution in [1.29, 1.82) is 0 Å². The summed E-state index contributed by atoms with van der Waals surface area (Å²) in [4.78, 5) is 11.7. The molecule has 4 nitrogen and oxygen atoms in total. The molecule has 0 spiro atoms. The van der Waals surface area contributed by atoms with Crippen molar-refractivity contribution in [3.63, 3.8) is 0 Å². The third-order valence-electron chi connectivity index (χ3n) is 3.11. The average molecular weight is 272 g/mol. The zero-order valence-electron chi connectivity index (χ0n) is 11.9. The molecule has 2 rings (SSSR count). The second kappa shape index (κ2) is 6.80. The van der Waals surface area contributed by atoms with Crippen LogP contribution in [0.1, 0.15) is 29.3 Å². The number of nitrogens with one attached hydrogen (secondary N) is 1. The van der Waals surface area contributed by atoms with Gasteiger partial charge >= 0.3 is 5.97 Å². The number of rotatable bonds is 6. The summed E-state index contributed by atoms with van der Waals surface area (Å²) in [5, 5.41) is 3.29. The molecular formula is C16H20N2O2. The minimum absolute atomic E-state index is 0.323. The largest absolute Gasteiger partial charge is 0.465 e. The normalized spacial score (nSPS) is 10.3. The fourth-order valence-electron chi connectivity index (χ4n) is 2.11. The number of anilines is 1. The molecule has 0 atom stereocenters. The Bertz CT molecular complexity index is 575. The quantitative estimate of drug-likeness (QED) is 0.820. The summed E-state index contributed by atoms with van der Waals surface area (Å²) in [6.07, 6.45) is 5.32. The molecule has 0 fully saturated rings. The highest BCUT2D eigenvalue weighted by Gasteiger charge is 2.10. The van der Waals surface area contributed by atoms with E-state index in [1.165, 1.54) is 12.7 Å². The smallest absolute Gasteiger partial charge is 0.339 e. The van der Waals surface area contributed by atoms with Crippen LogP contribution in [0.5, 0.6) is 0 Å². The van der Waals surface area contributed by atoms with Crippen LogP contribution in [0.15, 0.2) is 42.7 Å². The molecule has 2 aromatic rings. The van der Waals surface area contributed by atoms with E-state index >= 15 is 0 Å². The summed E-state index contributed by atoms with van der Waals surface area (Å²) in [6.45, 7) is 3.87. The van der Waals surface area contributed by atoms with Crippen LogP contribution in [-0.2, 0) is 17.8 Å². The molecule has 0 aliphatic rings. The van der Waals surface area contributed by atoms with Crippen LogP contribution in [0.3, 0.4) is 0 Å². The van der Waals surface area contributed by atoms with Crippen molar-refractivity contribution >= 4 is 11.7 Å². The monoisotopic (exact) mass is 272 g/mol. The van der Waals surface area contributed by atoms with Crippen molar-refractivity contribution in [1.82, 2.24) is 4.57 Å². The number of hydrogen-bond donors (Lipinski definition) is 1. The number of nitrogens with zero attached hydrogens (tertiary/aromatic N) is 1. The predicted octanol–water partition coefficient (Wildman–Crippen LogP) is 3.30. The third kappa shape index (κ3) is 3.41. The Labute approximate surface area is 119 Å². The molecule has 0 aliphatic carbocycles. The van der Waals surface area contributed by atoms with Crippen LogP contribution >= 0.6 is 0 Å². The van der Waals surface area contributed by atoms with E-state index in [2.05, 4.69) is 35.3 Å². The molecule has 0 unspecified atom stereocenters. The van der Waals surface area contributed by atoms with E-state index in [9.17, 15) is 4.79 Å². The van der Waals surface area contributed by atoms with Gasteiger partial charge in [0.15, 0.2) is 0 Å². The zero-order valence-corrected chi connectivity index (χ0v) is 11.9. The van der Waals surface area contributed by atoms with E-state index in [1.54, 1.807) is 6.07 Å². The van der Waals surface area contributed by atoms with E-state index in [1.807, 2.05) is 18.2 Å². The van der Waals surface area contributed by atoms with Crippen LogP contribution in [0.2, 0.25) is 0 Å². The Morgan fingerprint density at radius 3 is 2.85 bits per heavy atom. The summed E-state index contributed by atoms with van der Waals surface area (Å²) >= 11 is 0. The molecule has 1 N–H and O–H groups in total. The molecule has 1 heterocycles. The number of carbonyl (C=O) groups excluding carboxylic acids is 1. The Kier molecular flexibility index (Phi) is 4.82. The molecule has 1 aromatic carbocycles. The minimum Gasteiger partial charge on any atom is -0.465 e. The number of methoxy groups -OCH3 is 1. The first-order valence-electron chi connectivity index (χ1n) is 6.80. The van der Waals surface area contributed by atoms with Gasteiger partial charge in [-0.15, -0.1) is 0 Å². The lowest BCUT2D eigenvalue weighted by Gasteiger charge is -2.09. The van der Waals surface area contributed by atoms with Crippen molar-refractivity contribution in [2.75, 3.05) is 12.4 Å². The lowest BCUT2D eigenvalue weighted by atomic mass is 10.1. The molecule has 0 saturated heterocycles. The summed E-state index contributed by atoms with van der Waals surface area (Å²) < 4.78 is 6.95. The van der Waals surface area contributed by atoms with Crippen LogP contribution in [0, 0.1) is 0 Å². The molecule has 1 aromatic heterocycles. The van der Waals surface area contributed by atoms with Crippen LogP contribution < -0.4 is 5.32 Å². The summed E-state index contributed by atoms with van der Waals surface area (Å²) in [6, 6.07) is 9.46. The van der Waals surface area contributed by atoms with Gasteiger partial charge in [0.1, 0.15) is 0 Å². The zero-order chi connectivity index (χ0) is 14.4. The number of hydrogen-bond acceptors (Lipinski definition) is 3. The van der Waals surface area contributed by atoms with Crippen LogP contribution in [0.25, 0.3) is 0 Å². The molecule has 4 heteroatoms. The molecule has 0 bridgehead atoms. The van der Waals surface area contributed by atoms with Gasteiger partial charge in [0.05, 0.1) is 12.7 Å². The topological polar surface area (TPSA) is 43.3 Å². The molecule has 106 valence electrons. The predicted molar refractivity (Wildman–Crippen MR) is 79.8 cm³/mol. The standard InChI is InChI=1S/C16H20N2O2/c1-3-9-18-10-8-13(12-18)11-17-15-7-5-4-6-14(15)16(19)20-2/h4-8,10,12,17H,3,9,11H2,1-2H3. The number of aromatic nitrogens is 1. The molecule has 0 aliphatic heterocycles. The maximum Gasteiger partial charge on any atom is 0.339 e. The first-order valence-corrected chi connectivity index (χ1v) is 6.80. The highest BCUT2D eigenvalue weighted by atomic mass is 16.5. The summed E-state index contributed by atoms with van der Waals surface area (Å²) in [5.74, 6) is -0.323. The number of ether oxygens (including phenoxy) is 1. The van der Waals surface area contributed by atoms with Crippen molar-refractivity contribution in [2.45, 2.75) is 26.4 Å². The lowest BCUT2D eigenvalue weighted by Crippen LogP contribution is -2.07. The fraction of sp³-hybridized carbons (Fsp3) is 0.312. The first-order chi connectivity index (χ1) is 9.74. The molecule has 0 radical (unpaired) electrons. The average Bonchev–Trinajstić information content (AvgIpc) is 2.93. The maximum absolute atomic E-state index is 11.7. The van der Waals surface area contributed by atoms with E-state index < -0.39 is 0 Å². The van der Waals surface area contributed by atoms with E-state index in [4.69, 9.17) is 4.74 Å². The van der Waals surface area contributed by atoms with Gasteiger partial charge < -0.3 is 14.6 Å². The Hall–Kier alpha value is -2.23. The Morgan fingerprint density at radius 1 is 1.30 bits per heavy atom. The van der Waals surface area contributed by atoms with Gasteiger partial charge in [0, 0.05) is 31.2 Å². The van der Waals surface area contributed by atoms with Gasteiger partial charge in [0.25, 0.3) is 0 Å². The first kappa shape index (κ1) is 14.2. The van der Waals surface area contributed by atoms with Crippen LogP contribution in [-0.4, -0.2) is 17.6 Å². The van der Waals surface area contributed by atoms with E-state index in [0.29, 0.717) is 12.1 Å². The SMILES string of the molecule is CCCn1ccc(CNc2ccccc2C(=O)OC)c1. The molecule has 0 amide bonds. The van der Waals surface area contributed by atoms with Crippen molar-refractivity contribution in [3.05, 3.63) is 53.9 Å². The fourth-order valence-corrected chi connectivity index (χ4v) is 2.11. The Morgan fingerprint density at radius 2 is 2.10 bits per heavy atom. The Balaban J connectivity index is 2.04. The van der Waals surface area contributed by atoms with Gasteiger partial charge in [-0.1, -0.05) is 19.1 Å². The second-order valence-corrected chi connectivity index (χ2v) is 4.65. The maximum atomic E-state index is 11.7. The van der Waals surface area contributed by atoms with Gasteiger partial charge in [-0.25, -0.2) is 4.79 Å². The van der Waals surface area contributed by atoms with Gasteiger partial charge in [0.2, 0.25) is 0 Å². The number of carbonyl (C=O) groups is 1. The minimum atomic E-state index is -0.323. The van der Waals surface area contributed by atoms with Crippen molar-refractivity contribution in [2.24, 2.45) is 0 Å². The van der Waals surface area contributed by atoms with Crippen LogP contribution in [0.4, 0.5) is 5.69 Å². The number of benzene rings is 1. The number of esters is 1. The number of aryl methyl sites for hydroxylation is 1. The summed E-state index contributed by atoms with van der Waals surface area (Å²) in [7, 11) is 1.39. The molecular weight excluding hydrogens is 252 g/mol. The van der Waals surface area contributed by atoms with Crippen molar-refractivity contribution in [3.8, 4) is 0 Å². The lowest BCUT2D eigenvalue weighted by molar-refractivity contribution is 0.0602. The highest BCUT2D eigenvalue weighted by molar-refractivity contribution is 5.95. The highest BCUT2D eigenvalue weighted by Crippen LogP contribution is 2.17. The number of para-hydroxylation sites is 1.